The lowest BCUT2D eigenvalue weighted by atomic mass is 9.92. The molecule has 124 valence electrons. The molecule has 0 aromatic heterocycles. The van der Waals surface area contributed by atoms with Gasteiger partial charge in [0.1, 0.15) is 0 Å². The molecule has 0 saturated heterocycles. The predicted molar refractivity (Wildman–Crippen MR) is 77.4 cm³/mol. The zero-order valence-corrected chi connectivity index (χ0v) is 12.9. The normalized spacial score (nSPS) is 12.3. The molecule has 4 nitrogen and oxygen atoms in total. The minimum atomic E-state index is -4.39. The van der Waals surface area contributed by atoms with Crippen LogP contribution >= 0.6 is 0 Å². The van der Waals surface area contributed by atoms with Gasteiger partial charge in [-0.2, -0.15) is 13.2 Å². The Morgan fingerprint density at radius 3 is 2.45 bits per heavy atom. The second-order valence-electron chi connectivity index (χ2n) is 5.40. The van der Waals surface area contributed by atoms with Gasteiger partial charge in [0.15, 0.2) is 0 Å². The number of nitrogens with one attached hydrogen (secondary N) is 2. The topological polar surface area (TPSA) is 50.4 Å². The van der Waals surface area contributed by atoms with Crippen LogP contribution in [0.3, 0.4) is 0 Å². The summed E-state index contributed by atoms with van der Waals surface area (Å²) in [7, 11) is 1.53. The molecule has 2 N–H and O–H groups in total. The Morgan fingerprint density at radius 2 is 1.86 bits per heavy atom. The van der Waals surface area contributed by atoms with Gasteiger partial charge in [0, 0.05) is 19.2 Å². The Balaban J connectivity index is 2.68. The Bertz CT molecular complexity index is 502. The van der Waals surface area contributed by atoms with Crippen LogP contribution in [0.1, 0.15) is 25.0 Å². The summed E-state index contributed by atoms with van der Waals surface area (Å²) in [5.74, 6) is -0.239. The first-order chi connectivity index (χ1) is 10.2. The third-order valence-electron chi connectivity index (χ3n) is 3.23. The summed E-state index contributed by atoms with van der Waals surface area (Å²) in [6, 6.07) is 5.08. The summed E-state index contributed by atoms with van der Waals surface area (Å²) >= 11 is 0. The summed E-state index contributed by atoms with van der Waals surface area (Å²) in [5.41, 5.74) is -1.00. The van der Waals surface area contributed by atoms with Crippen molar-refractivity contribution in [1.29, 1.82) is 0 Å². The molecule has 1 aromatic carbocycles. The van der Waals surface area contributed by atoms with Crippen LogP contribution in [0.5, 0.6) is 0 Å². The van der Waals surface area contributed by atoms with Crippen LogP contribution in [0.4, 0.5) is 13.2 Å². The highest BCUT2D eigenvalue weighted by atomic mass is 19.4. The van der Waals surface area contributed by atoms with Crippen molar-refractivity contribution >= 4 is 5.91 Å². The predicted octanol–water partition coefficient (Wildman–Crippen LogP) is 2.29. The average Bonchev–Trinajstić information content (AvgIpc) is 2.45. The van der Waals surface area contributed by atoms with Crippen LogP contribution in [0.2, 0.25) is 0 Å². The summed E-state index contributed by atoms with van der Waals surface area (Å²) in [4.78, 5) is 11.6. The Labute approximate surface area is 128 Å². The van der Waals surface area contributed by atoms with E-state index in [9.17, 15) is 18.0 Å². The standard InChI is InChI=1S/C15H21F3N2O2/c1-14(2,20-10-13(21)19-7-8-22-3)11-5-4-6-12(9-11)15(16,17)18/h4-6,9,20H,7-8,10H2,1-3H3,(H,19,21). The van der Waals surface area contributed by atoms with Crippen LogP contribution in [0.25, 0.3) is 0 Å². The number of hydrogen-bond acceptors (Lipinski definition) is 3. The van der Waals surface area contributed by atoms with Crippen molar-refractivity contribution < 1.29 is 22.7 Å². The molecule has 0 atom stereocenters. The van der Waals surface area contributed by atoms with Gasteiger partial charge in [-0.3, -0.25) is 10.1 Å². The number of ether oxygens (including phenoxy) is 1. The molecule has 0 aliphatic rings. The molecular formula is C15H21F3N2O2. The van der Waals surface area contributed by atoms with Gasteiger partial charge in [-0.15, -0.1) is 0 Å². The smallest absolute Gasteiger partial charge is 0.383 e. The van der Waals surface area contributed by atoms with Crippen molar-refractivity contribution in [2.75, 3.05) is 26.8 Å². The first kappa shape index (κ1) is 18.4. The minimum Gasteiger partial charge on any atom is -0.383 e. The van der Waals surface area contributed by atoms with E-state index in [0.717, 1.165) is 12.1 Å². The first-order valence-corrected chi connectivity index (χ1v) is 6.85. The fourth-order valence-corrected chi connectivity index (χ4v) is 1.84. The number of amides is 1. The van der Waals surface area contributed by atoms with E-state index in [4.69, 9.17) is 4.74 Å². The number of carbonyl (C=O) groups is 1. The molecule has 22 heavy (non-hydrogen) atoms. The SMILES string of the molecule is COCCNC(=O)CNC(C)(C)c1cccc(C(F)(F)F)c1. The molecule has 0 unspecified atom stereocenters. The number of halogens is 3. The highest BCUT2D eigenvalue weighted by molar-refractivity contribution is 5.78. The van der Waals surface area contributed by atoms with Crippen LogP contribution in [-0.4, -0.2) is 32.7 Å². The third-order valence-corrected chi connectivity index (χ3v) is 3.23. The number of rotatable bonds is 7. The number of hydrogen-bond donors (Lipinski definition) is 2. The summed E-state index contributed by atoms with van der Waals surface area (Å²) in [6.45, 7) is 4.26. The van der Waals surface area contributed by atoms with E-state index < -0.39 is 17.3 Å². The quantitative estimate of drug-likeness (QED) is 0.759. The zero-order chi connectivity index (χ0) is 16.8. The minimum absolute atomic E-state index is 0.00690. The molecule has 0 aliphatic heterocycles. The largest absolute Gasteiger partial charge is 0.416 e. The molecule has 0 radical (unpaired) electrons. The summed E-state index contributed by atoms with van der Waals surface area (Å²) in [5, 5.41) is 5.60. The molecule has 7 heteroatoms. The van der Waals surface area contributed by atoms with Gasteiger partial charge in [0.05, 0.1) is 18.7 Å². The van der Waals surface area contributed by atoms with Crippen molar-refractivity contribution in [2.45, 2.75) is 25.6 Å². The Hall–Kier alpha value is -1.60. The number of alkyl halides is 3. The fraction of sp³-hybridized carbons (Fsp3) is 0.533. The monoisotopic (exact) mass is 318 g/mol. The van der Waals surface area contributed by atoms with Gasteiger partial charge in [-0.25, -0.2) is 0 Å². The van der Waals surface area contributed by atoms with Crippen molar-refractivity contribution in [3.63, 3.8) is 0 Å². The van der Waals surface area contributed by atoms with E-state index in [1.165, 1.54) is 13.2 Å². The third kappa shape index (κ3) is 5.65. The molecule has 0 saturated carbocycles. The molecule has 0 heterocycles. The van der Waals surface area contributed by atoms with Crippen molar-refractivity contribution in [3.05, 3.63) is 35.4 Å². The Morgan fingerprint density at radius 1 is 1.23 bits per heavy atom. The molecule has 0 bridgehead atoms. The Kier molecular flexibility index (Phi) is 6.37. The van der Waals surface area contributed by atoms with Gasteiger partial charge in [0.2, 0.25) is 5.91 Å². The summed E-state index contributed by atoms with van der Waals surface area (Å²) in [6.07, 6.45) is -4.39. The van der Waals surface area contributed by atoms with E-state index in [1.54, 1.807) is 19.9 Å². The number of benzene rings is 1. The van der Waals surface area contributed by atoms with E-state index in [2.05, 4.69) is 10.6 Å². The lowest BCUT2D eigenvalue weighted by Crippen LogP contribution is -2.44. The molecule has 1 aromatic rings. The van der Waals surface area contributed by atoms with Gasteiger partial charge >= 0.3 is 6.18 Å². The van der Waals surface area contributed by atoms with Gasteiger partial charge in [-0.1, -0.05) is 12.1 Å². The van der Waals surface area contributed by atoms with Crippen LogP contribution in [0, 0.1) is 0 Å². The van der Waals surface area contributed by atoms with Crippen LogP contribution < -0.4 is 10.6 Å². The van der Waals surface area contributed by atoms with Gasteiger partial charge in [-0.05, 0) is 31.5 Å². The van der Waals surface area contributed by atoms with E-state index in [-0.39, 0.29) is 12.5 Å². The number of methoxy groups -OCH3 is 1. The van der Waals surface area contributed by atoms with Crippen LogP contribution in [-0.2, 0) is 21.2 Å². The lowest BCUT2D eigenvalue weighted by molar-refractivity contribution is -0.137. The second kappa shape index (κ2) is 7.60. The molecule has 0 fully saturated rings. The van der Waals surface area contributed by atoms with Gasteiger partial charge < -0.3 is 10.1 Å². The molecule has 0 spiro atoms. The number of carbonyl (C=O) groups excluding carboxylic acids is 1. The van der Waals surface area contributed by atoms with Crippen LogP contribution in [0.15, 0.2) is 24.3 Å². The lowest BCUT2D eigenvalue weighted by Gasteiger charge is -2.27. The maximum Gasteiger partial charge on any atom is 0.416 e. The molecule has 0 aliphatic carbocycles. The maximum absolute atomic E-state index is 12.7. The molecule has 1 rings (SSSR count). The van der Waals surface area contributed by atoms with Crippen molar-refractivity contribution in [3.8, 4) is 0 Å². The first-order valence-electron chi connectivity index (χ1n) is 6.85. The highest BCUT2D eigenvalue weighted by Gasteiger charge is 2.32. The zero-order valence-electron chi connectivity index (χ0n) is 12.9. The highest BCUT2D eigenvalue weighted by Crippen LogP contribution is 2.31. The van der Waals surface area contributed by atoms with E-state index in [0.29, 0.717) is 18.7 Å². The maximum atomic E-state index is 12.7. The van der Waals surface area contributed by atoms with E-state index in [1.807, 2.05) is 0 Å². The fourth-order valence-electron chi connectivity index (χ4n) is 1.84. The molecular weight excluding hydrogens is 297 g/mol. The molecule has 1 amide bonds. The van der Waals surface area contributed by atoms with Crippen molar-refractivity contribution in [1.82, 2.24) is 10.6 Å². The summed E-state index contributed by atoms with van der Waals surface area (Å²) < 4.78 is 43.1. The second-order valence-corrected chi connectivity index (χ2v) is 5.40. The average molecular weight is 318 g/mol. The van der Waals surface area contributed by atoms with Gasteiger partial charge in [0.25, 0.3) is 0 Å². The van der Waals surface area contributed by atoms with E-state index >= 15 is 0 Å². The van der Waals surface area contributed by atoms with Crippen molar-refractivity contribution in [2.24, 2.45) is 0 Å².